The van der Waals surface area contributed by atoms with Gasteiger partial charge in [0, 0.05) is 29.3 Å². The summed E-state index contributed by atoms with van der Waals surface area (Å²) in [6.45, 7) is 0.932. The first-order valence-electron chi connectivity index (χ1n) is 7.64. The summed E-state index contributed by atoms with van der Waals surface area (Å²) in [5.41, 5.74) is 1.13. The smallest absolute Gasteiger partial charge is 0.256 e. The van der Waals surface area contributed by atoms with Gasteiger partial charge in [0.2, 0.25) is 5.91 Å². The van der Waals surface area contributed by atoms with Gasteiger partial charge in [-0.05, 0) is 30.3 Å². The highest BCUT2D eigenvalue weighted by Crippen LogP contribution is 2.24. The van der Waals surface area contributed by atoms with Crippen LogP contribution in [0.1, 0.15) is 10.4 Å². The maximum absolute atomic E-state index is 12.5. The Hall–Kier alpha value is -2.02. The summed E-state index contributed by atoms with van der Waals surface area (Å²) < 4.78 is 4.89. The van der Waals surface area contributed by atoms with Crippen LogP contribution in [0.4, 0.5) is 5.69 Å². The third kappa shape index (κ3) is 6.42. The molecule has 0 fully saturated rings. The predicted octanol–water partition coefficient (Wildman–Crippen LogP) is 3.45. The molecule has 0 aliphatic carbocycles. The van der Waals surface area contributed by atoms with Crippen molar-refractivity contribution < 1.29 is 14.3 Å². The van der Waals surface area contributed by atoms with Crippen molar-refractivity contribution in [3.8, 4) is 0 Å². The maximum atomic E-state index is 12.5. The van der Waals surface area contributed by atoms with E-state index in [1.807, 2.05) is 12.1 Å². The first-order chi connectivity index (χ1) is 12.1. The molecule has 2 rings (SSSR count). The van der Waals surface area contributed by atoms with Crippen molar-refractivity contribution in [3.05, 3.63) is 59.1 Å². The molecule has 0 unspecified atom stereocenters. The van der Waals surface area contributed by atoms with Gasteiger partial charge in [-0.2, -0.15) is 0 Å². The molecule has 0 saturated carbocycles. The van der Waals surface area contributed by atoms with Crippen LogP contribution in [0.5, 0.6) is 0 Å². The molecule has 0 aromatic heterocycles. The molecule has 0 aliphatic heterocycles. The van der Waals surface area contributed by atoms with Crippen molar-refractivity contribution in [3.63, 3.8) is 0 Å². The van der Waals surface area contributed by atoms with Crippen LogP contribution in [0.2, 0.25) is 5.02 Å². The zero-order valence-electron chi connectivity index (χ0n) is 13.8. The van der Waals surface area contributed by atoms with Gasteiger partial charge in [-0.1, -0.05) is 29.8 Å². The monoisotopic (exact) mass is 378 g/mol. The minimum Gasteiger partial charge on any atom is -0.383 e. The van der Waals surface area contributed by atoms with E-state index in [2.05, 4.69) is 10.6 Å². The third-order valence-corrected chi connectivity index (χ3v) is 4.51. The molecule has 25 heavy (non-hydrogen) atoms. The molecule has 2 N–H and O–H groups in total. The second-order valence-corrected chi connectivity index (χ2v) is 6.55. The van der Waals surface area contributed by atoms with Crippen LogP contribution in [-0.2, 0) is 9.53 Å². The summed E-state index contributed by atoms with van der Waals surface area (Å²) in [7, 11) is 1.58. The molecule has 0 aliphatic rings. The highest BCUT2D eigenvalue weighted by Gasteiger charge is 2.13. The van der Waals surface area contributed by atoms with Crippen LogP contribution < -0.4 is 10.6 Å². The normalized spacial score (nSPS) is 10.3. The van der Waals surface area contributed by atoms with Gasteiger partial charge in [-0.15, -0.1) is 11.8 Å². The standard InChI is InChI=1S/C18H19ClN2O3S/c1-24-10-9-20-17(22)12-25-16-8-3-2-7-15(16)18(23)21-14-6-4-5-13(19)11-14/h2-8,11H,9-10,12H2,1H3,(H,20,22)(H,21,23). The van der Waals surface area contributed by atoms with Gasteiger partial charge in [-0.25, -0.2) is 0 Å². The zero-order valence-corrected chi connectivity index (χ0v) is 15.3. The molecule has 0 atom stereocenters. The second-order valence-electron chi connectivity index (χ2n) is 5.09. The van der Waals surface area contributed by atoms with Crippen molar-refractivity contribution in [1.82, 2.24) is 5.32 Å². The topological polar surface area (TPSA) is 67.4 Å². The van der Waals surface area contributed by atoms with E-state index in [9.17, 15) is 9.59 Å². The van der Waals surface area contributed by atoms with Crippen LogP contribution in [0.3, 0.4) is 0 Å². The Kier molecular flexibility index (Phi) is 7.78. The average molecular weight is 379 g/mol. The largest absolute Gasteiger partial charge is 0.383 e. The predicted molar refractivity (Wildman–Crippen MR) is 101 cm³/mol. The fourth-order valence-electron chi connectivity index (χ4n) is 2.03. The summed E-state index contributed by atoms with van der Waals surface area (Å²) in [4.78, 5) is 25.1. The Labute approximate surface area is 156 Å². The number of benzene rings is 2. The molecule has 0 radical (unpaired) electrons. The lowest BCUT2D eigenvalue weighted by Gasteiger charge is -2.10. The van der Waals surface area contributed by atoms with E-state index in [1.165, 1.54) is 11.8 Å². The average Bonchev–Trinajstić information content (AvgIpc) is 2.60. The molecule has 5 nitrogen and oxygen atoms in total. The second kappa shape index (κ2) is 10.1. The summed E-state index contributed by atoms with van der Waals surface area (Å²) in [5, 5.41) is 6.11. The molecule has 0 bridgehead atoms. The number of nitrogens with one attached hydrogen (secondary N) is 2. The number of rotatable bonds is 8. The number of halogens is 1. The minimum atomic E-state index is -0.245. The Balaban J connectivity index is 1.99. The van der Waals surface area contributed by atoms with E-state index < -0.39 is 0 Å². The number of thioether (sulfide) groups is 1. The Morgan fingerprint density at radius 2 is 1.96 bits per heavy atom. The van der Waals surface area contributed by atoms with E-state index in [0.29, 0.717) is 29.4 Å². The molecular formula is C18H19ClN2O3S. The van der Waals surface area contributed by atoms with Gasteiger partial charge in [0.15, 0.2) is 0 Å². The van der Waals surface area contributed by atoms with E-state index >= 15 is 0 Å². The first-order valence-corrected chi connectivity index (χ1v) is 9.01. The molecule has 132 valence electrons. The van der Waals surface area contributed by atoms with Gasteiger partial charge < -0.3 is 15.4 Å². The summed E-state index contributed by atoms with van der Waals surface area (Å²) >= 11 is 7.25. The molecule has 0 heterocycles. The van der Waals surface area contributed by atoms with Gasteiger partial charge in [0.25, 0.3) is 5.91 Å². The van der Waals surface area contributed by atoms with Gasteiger partial charge >= 0.3 is 0 Å². The lowest BCUT2D eigenvalue weighted by Crippen LogP contribution is -2.28. The van der Waals surface area contributed by atoms with Crippen molar-refractivity contribution >= 4 is 40.9 Å². The molecular weight excluding hydrogens is 360 g/mol. The van der Waals surface area contributed by atoms with Crippen molar-refractivity contribution in [2.75, 3.05) is 31.3 Å². The highest BCUT2D eigenvalue weighted by molar-refractivity contribution is 8.00. The number of methoxy groups -OCH3 is 1. The summed E-state index contributed by atoms with van der Waals surface area (Å²) in [6.07, 6.45) is 0. The molecule has 0 saturated heterocycles. The van der Waals surface area contributed by atoms with Crippen LogP contribution >= 0.6 is 23.4 Å². The van der Waals surface area contributed by atoms with Crippen molar-refractivity contribution in [1.29, 1.82) is 0 Å². The molecule has 0 spiro atoms. The zero-order chi connectivity index (χ0) is 18.1. The number of hydrogen-bond acceptors (Lipinski definition) is 4. The number of amides is 2. The van der Waals surface area contributed by atoms with E-state index in [4.69, 9.17) is 16.3 Å². The fraction of sp³-hybridized carbons (Fsp3) is 0.222. The van der Waals surface area contributed by atoms with Crippen LogP contribution in [0.15, 0.2) is 53.4 Å². The summed E-state index contributed by atoms with van der Waals surface area (Å²) in [5.74, 6) is -0.122. The third-order valence-electron chi connectivity index (χ3n) is 3.20. The number of carbonyl (C=O) groups excluding carboxylic acids is 2. The lowest BCUT2D eigenvalue weighted by molar-refractivity contribution is -0.118. The Morgan fingerprint density at radius 3 is 2.72 bits per heavy atom. The van der Waals surface area contributed by atoms with Crippen molar-refractivity contribution in [2.24, 2.45) is 0 Å². The van der Waals surface area contributed by atoms with E-state index in [0.717, 1.165) is 4.90 Å². The number of anilines is 1. The number of carbonyl (C=O) groups is 2. The first kappa shape index (κ1) is 19.3. The maximum Gasteiger partial charge on any atom is 0.256 e. The fourth-order valence-corrected chi connectivity index (χ4v) is 3.10. The Bertz CT molecular complexity index is 740. The SMILES string of the molecule is COCCNC(=O)CSc1ccccc1C(=O)Nc1cccc(Cl)c1. The summed E-state index contributed by atoms with van der Waals surface area (Å²) in [6, 6.07) is 14.1. The van der Waals surface area contributed by atoms with Gasteiger partial charge in [0.05, 0.1) is 17.9 Å². The van der Waals surface area contributed by atoms with Crippen LogP contribution in [-0.4, -0.2) is 37.8 Å². The number of ether oxygens (including phenoxy) is 1. The molecule has 2 aromatic carbocycles. The quantitative estimate of drug-likeness (QED) is 0.545. The van der Waals surface area contributed by atoms with Crippen LogP contribution in [0, 0.1) is 0 Å². The molecule has 7 heteroatoms. The van der Waals surface area contributed by atoms with Gasteiger partial charge in [0.1, 0.15) is 0 Å². The molecule has 2 aromatic rings. The molecule has 2 amide bonds. The Morgan fingerprint density at radius 1 is 1.16 bits per heavy atom. The van der Waals surface area contributed by atoms with Crippen LogP contribution in [0.25, 0.3) is 0 Å². The highest BCUT2D eigenvalue weighted by atomic mass is 35.5. The van der Waals surface area contributed by atoms with E-state index in [-0.39, 0.29) is 17.6 Å². The lowest BCUT2D eigenvalue weighted by atomic mass is 10.2. The number of hydrogen-bond donors (Lipinski definition) is 2. The van der Waals surface area contributed by atoms with Gasteiger partial charge in [-0.3, -0.25) is 9.59 Å². The van der Waals surface area contributed by atoms with E-state index in [1.54, 1.807) is 43.5 Å². The van der Waals surface area contributed by atoms with Crippen molar-refractivity contribution in [2.45, 2.75) is 4.90 Å². The minimum absolute atomic E-state index is 0.105.